The van der Waals surface area contributed by atoms with E-state index < -0.39 is 23.4 Å². The fourth-order valence-corrected chi connectivity index (χ4v) is 4.23. The van der Waals surface area contributed by atoms with Gasteiger partial charge in [0.2, 0.25) is 0 Å². The van der Waals surface area contributed by atoms with E-state index in [2.05, 4.69) is 35.8 Å². The van der Waals surface area contributed by atoms with E-state index in [0.717, 1.165) is 35.5 Å². The van der Waals surface area contributed by atoms with E-state index in [1.54, 1.807) is 13.0 Å². The summed E-state index contributed by atoms with van der Waals surface area (Å²) >= 11 is 0. The average Bonchev–Trinajstić information content (AvgIpc) is 3.40. The number of hydrogen-bond acceptors (Lipinski definition) is 7. The number of nitrogens with two attached hydrogens (primary N) is 1. The molecule has 0 fully saturated rings. The number of allylic oxidation sites excluding steroid dienone is 1. The van der Waals surface area contributed by atoms with Gasteiger partial charge in [0.05, 0.1) is 16.6 Å². The molecule has 5 aromatic rings. The van der Waals surface area contributed by atoms with Crippen molar-refractivity contribution in [1.82, 2.24) is 30.5 Å². The zero-order valence-electron chi connectivity index (χ0n) is 21.5. The molecular formula is C28H23F5N8. The van der Waals surface area contributed by atoms with Gasteiger partial charge < -0.3 is 16.4 Å². The number of alkyl halides is 3. The highest BCUT2D eigenvalue weighted by Gasteiger charge is 2.32. The Hall–Kier alpha value is -5.07. The van der Waals surface area contributed by atoms with Gasteiger partial charge in [-0.05, 0) is 36.2 Å². The molecule has 3 heterocycles. The number of nitrogens with zero attached hydrogens (tertiary/aromatic N) is 4. The molecule has 41 heavy (non-hydrogen) atoms. The lowest BCUT2D eigenvalue weighted by Gasteiger charge is -2.18. The first-order valence-electron chi connectivity index (χ1n) is 12.3. The number of anilines is 2. The van der Waals surface area contributed by atoms with Gasteiger partial charge in [-0.15, -0.1) is 0 Å². The molecule has 0 aliphatic carbocycles. The largest absolute Gasteiger partial charge is 0.417 e. The second-order valence-corrected chi connectivity index (χ2v) is 9.03. The van der Waals surface area contributed by atoms with Crippen LogP contribution in [0.1, 0.15) is 29.2 Å². The lowest BCUT2D eigenvalue weighted by atomic mass is 10.1. The van der Waals surface area contributed by atoms with E-state index in [9.17, 15) is 22.0 Å². The molecule has 3 aromatic heterocycles. The summed E-state index contributed by atoms with van der Waals surface area (Å²) in [5, 5.41) is 13.8. The van der Waals surface area contributed by atoms with Crippen LogP contribution in [0, 0.1) is 11.6 Å². The van der Waals surface area contributed by atoms with Crippen molar-refractivity contribution in [2.75, 3.05) is 11.1 Å². The van der Waals surface area contributed by atoms with Gasteiger partial charge in [0.25, 0.3) is 0 Å². The number of nitrogen functional groups attached to an aromatic ring is 1. The van der Waals surface area contributed by atoms with Crippen LogP contribution >= 0.6 is 0 Å². The molecule has 0 saturated heterocycles. The van der Waals surface area contributed by atoms with Crippen molar-refractivity contribution >= 4 is 28.4 Å². The van der Waals surface area contributed by atoms with Gasteiger partial charge >= 0.3 is 6.18 Å². The zero-order valence-corrected chi connectivity index (χ0v) is 21.5. The van der Waals surface area contributed by atoms with Crippen molar-refractivity contribution in [3.8, 4) is 11.3 Å². The van der Waals surface area contributed by atoms with Gasteiger partial charge in [-0.3, -0.25) is 5.10 Å². The second-order valence-electron chi connectivity index (χ2n) is 9.03. The van der Waals surface area contributed by atoms with Crippen molar-refractivity contribution in [2.45, 2.75) is 26.2 Å². The monoisotopic (exact) mass is 566 g/mol. The smallest absolute Gasteiger partial charge is 0.383 e. The molecular weight excluding hydrogens is 543 g/mol. The normalized spacial score (nSPS) is 12.1. The molecule has 0 radical (unpaired) electrons. The number of benzene rings is 2. The minimum Gasteiger partial charge on any atom is -0.383 e. The molecule has 0 amide bonds. The minimum atomic E-state index is -4.61. The highest BCUT2D eigenvalue weighted by molar-refractivity contribution is 5.97. The summed E-state index contributed by atoms with van der Waals surface area (Å²) in [5.41, 5.74) is 8.71. The first-order valence-corrected chi connectivity index (χ1v) is 12.3. The summed E-state index contributed by atoms with van der Waals surface area (Å²) in [6, 6.07) is 11.8. The highest BCUT2D eigenvalue weighted by Crippen LogP contribution is 2.33. The Labute approximate surface area is 230 Å². The molecule has 0 bridgehead atoms. The van der Waals surface area contributed by atoms with E-state index >= 15 is 0 Å². The third-order valence-electron chi connectivity index (χ3n) is 6.34. The maximum atomic E-state index is 13.6. The summed E-state index contributed by atoms with van der Waals surface area (Å²) in [6.45, 7) is 1.94. The Morgan fingerprint density at radius 3 is 2.41 bits per heavy atom. The van der Waals surface area contributed by atoms with Crippen LogP contribution in [0.15, 0.2) is 67.1 Å². The van der Waals surface area contributed by atoms with E-state index in [-0.39, 0.29) is 24.5 Å². The molecule has 0 saturated carbocycles. The van der Waals surface area contributed by atoms with Crippen LogP contribution in [0.25, 0.3) is 28.0 Å². The third kappa shape index (κ3) is 5.93. The number of aromatic amines is 1. The maximum absolute atomic E-state index is 13.6. The highest BCUT2D eigenvalue weighted by atomic mass is 19.4. The maximum Gasteiger partial charge on any atom is 0.417 e. The first kappa shape index (κ1) is 27.5. The van der Waals surface area contributed by atoms with Crippen LogP contribution in [-0.2, 0) is 19.3 Å². The Morgan fingerprint density at radius 1 is 0.951 bits per heavy atom. The van der Waals surface area contributed by atoms with Crippen molar-refractivity contribution in [3.05, 3.63) is 101 Å². The average molecular weight is 567 g/mol. The SMILES string of the molecule is C/C=C(\NCc1ccc(F)c(F)c1)c1cc(C(F)(F)F)cnc1NCc1ccc(-c2[nH]nc3ncnc(N)c23)cc1. The van der Waals surface area contributed by atoms with Gasteiger partial charge in [0.15, 0.2) is 17.3 Å². The lowest BCUT2D eigenvalue weighted by Crippen LogP contribution is -2.16. The Morgan fingerprint density at radius 2 is 1.71 bits per heavy atom. The fourth-order valence-electron chi connectivity index (χ4n) is 4.23. The van der Waals surface area contributed by atoms with Crippen molar-refractivity contribution in [3.63, 3.8) is 0 Å². The van der Waals surface area contributed by atoms with E-state index in [1.165, 1.54) is 12.4 Å². The van der Waals surface area contributed by atoms with Crippen LogP contribution in [0.3, 0.4) is 0 Å². The van der Waals surface area contributed by atoms with Crippen LogP contribution in [0.2, 0.25) is 0 Å². The number of nitrogens with one attached hydrogen (secondary N) is 3. The summed E-state index contributed by atoms with van der Waals surface area (Å²) in [6.07, 6.45) is -0.938. The number of aromatic nitrogens is 5. The topological polar surface area (TPSA) is 117 Å². The van der Waals surface area contributed by atoms with Crippen molar-refractivity contribution < 1.29 is 22.0 Å². The van der Waals surface area contributed by atoms with Gasteiger partial charge in [0.1, 0.15) is 18.0 Å². The Balaban J connectivity index is 1.37. The van der Waals surface area contributed by atoms with Gasteiger partial charge in [0, 0.05) is 36.1 Å². The molecule has 0 aliphatic rings. The number of H-pyrrole nitrogens is 1. The van der Waals surface area contributed by atoms with Crippen molar-refractivity contribution in [1.29, 1.82) is 0 Å². The molecule has 2 aromatic carbocycles. The van der Waals surface area contributed by atoms with Gasteiger partial charge in [-0.2, -0.15) is 18.3 Å². The summed E-state index contributed by atoms with van der Waals surface area (Å²) < 4.78 is 67.5. The quantitative estimate of drug-likeness (QED) is 0.169. The standard InChI is InChI=1S/C28H23F5N8/c1-2-22(35-12-16-5-8-20(29)21(30)9-16)19-10-18(28(31,32)33)13-37-26(19)36-11-15-3-6-17(7-4-15)24-23-25(34)38-14-39-27(23)41-40-24/h2-10,13-14,35H,11-12H2,1H3,(H,36,37)(H3,34,38,39,40,41)/b22-2-. The minimum absolute atomic E-state index is 0.0475. The number of fused-ring (bicyclic) bond motifs is 1. The second kappa shape index (κ2) is 11.2. The zero-order chi connectivity index (χ0) is 29.1. The fraction of sp³-hybridized carbons (Fsp3) is 0.143. The molecule has 5 N–H and O–H groups in total. The van der Waals surface area contributed by atoms with E-state index in [4.69, 9.17) is 5.73 Å². The summed E-state index contributed by atoms with van der Waals surface area (Å²) in [7, 11) is 0. The van der Waals surface area contributed by atoms with E-state index in [1.807, 2.05) is 24.3 Å². The molecule has 0 atom stereocenters. The van der Waals surface area contributed by atoms with Crippen LogP contribution < -0.4 is 16.4 Å². The number of halogens is 5. The molecule has 0 aliphatic heterocycles. The molecule has 5 rings (SSSR count). The van der Waals surface area contributed by atoms with Crippen LogP contribution in [0.4, 0.5) is 33.6 Å². The first-order chi connectivity index (χ1) is 19.6. The van der Waals surface area contributed by atoms with Crippen molar-refractivity contribution in [2.24, 2.45) is 0 Å². The molecule has 0 unspecified atom stereocenters. The predicted octanol–water partition coefficient (Wildman–Crippen LogP) is 6.06. The van der Waals surface area contributed by atoms with Crippen LogP contribution in [-0.4, -0.2) is 25.1 Å². The molecule has 13 heteroatoms. The third-order valence-corrected chi connectivity index (χ3v) is 6.34. The van der Waals surface area contributed by atoms with Gasteiger partial charge in [-0.1, -0.05) is 36.4 Å². The summed E-state index contributed by atoms with van der Waals surface area (Å²) in [5.74, 6) is -1.50. The predicted molar refractivity (Wildman–Crippen MR) is 145 cm³/mol. The molecule has 8 nitrogen and oxygen atoms in total. The number of hydrogen-bond donors (Lipinski definition) is 4. The lowest BCUT2D eigenvalue weighted by molar-refractivity contribution is -0.137. The molecule has 0 spiro atoms. The van der Waals surface area contributed by atoms with Crippen LogP contribution in [0.5, 0.6) is 0 Å². The number of rotatable bonds is 8. The van der Waals surface area contributed by atoms with Gasteiger partial charge in [-0.25, -0.2) is 23.7 Å². The summed E-state index contributed by atoms with van der Waals surface area (Å²) in [4.78, 5) is 12.2. The molecule has 210 valence electrons. The Bertz CT molecular complexity index is 1730. The Kier molecular flexibility index (Phi) is 7.51. The number of pyridine rings is 1. The van der Waals surface area contributed by atoms with E-state index in [0.29, 0.717) is 33.8 Å².